The average Bonchev–Trinajstić information content (AvgIpc) is 2.42. The van der Waals surface area contributed by atoms with Gasteiger partial charge in [-0.25, -0.2) is 0 Å². The summed E-state index contributed by atoms with van der Waals surface area (Å²) in [5, 5.41) is 20.5. The molecule has 106 valence electrons. The quantitative estimate of drug-likeness (QED) is 0.249. The van der Waals surface area contributed by atoms with Gasteiger partial charge in [-0.15, -0.1) is 0 Å². The fraction of sp³-hybridized carbons (Fsp3) is 0. The van der Waals surface area contributed by atoms with Gasteiger partial charge in [0, 0.05) is 29.0 Å². The molecular formula is C12H4Br6O2. The van der Waals surface area contributed by atoms with Gasteiger partial charge in [-0.2, -0.15) is 0 Å². The molecule has 0 fully saturated rings. The first-order chi connectivity index (χ1) is 9.27. The molecule has 20 heavy (non-hydrogen) atoms. The molecule has 0 unspecified atom stereocenters. The number of aromatic hydroxyl groups is 2. The Hall–Kier alpha value is 0.920. The number of phenols is 2. The second-order valence-electron chi connectivity index (χ2n) is 3.74. The van der Waals surface area contributed by atoms with E-state index in [-0.39, 0.29) is 11.5 Å². The molecule has 0 aliphatic heterocycles. The summed E-state index contributed by atoms with van der Waals surface area (Å²) in [6.07, 6.45) is 0. The first-order valence-corrected chi connectivity index (χ1v) is 9.75. The Kier molecular flexibility index (Phi) is 5.68. The molecule has 2 rings (SSSR count). The third-order valence-corrected chi connectivity index (χ3v) is 9.33. The summed E-state index contributed by atoms with van der Waals surface area (Å²) >= 11 is 20.4. The molecule has 8 heteroatoms. The van der Waals surface area contributed by atoms with Gasteiger partial charge in [0.2, 0.25) is 0 Å². The molecule has 0 atom stereocenters. The van der Waals surface area contributed by atoms with Crippen molar-refractivity contribution in [1.82, 2.24) is 0 Å². The molecule has 0 aliphatic carbocycles. The zero-order valence-electron chi connectivity index (χ0n) is 9.32. The van der Waals surface area contributed by atoms with Gasteiger partial charge in [-0.05, 0) is 108 Å². The molecular weight excluding hydrogens is 656 g/mol. The lowest BCUT2D eigenvalue weighted by Gasteiger charge is -2.16. The first-order valence-electron chi connectivity index (χ1n) is 4.99. The molecule has 2 nitrogen and oxygen atoms in total. The van der Waals surface area contributed by atoms with Crippen LogP contribution in [-0.4, -0.2) is 10.2 Å². The fourth-order valence-electron chi connectivity index (χ4n) is 1.63. The standard InChI is InChI=1S/C12H4Br6O2/c13-3-1-2-4(19)5(7(3)14)6-8(15)9(16)10(17)11(18)12(6)20/h1-2,19-20H. The molecule has 0 amide bonds. The van der Waals surface area contributed by atoms with E-state index in [1.165, 1.54) is 0 Å². The van der Waals surface area contributed by atoms with Crippen molar-refractivity contribution in [2.45, 2.75) is 0 Å². The second-order valence-corrected chi connectivity index (χ2v) is 8.55. The van der Waals surface area contributed by atoms with Crippen molar-refractivity contribution in [2.24, 2.45) is 0 Å². The number of hydrogen-bond acceptors (Lipinski definition) is 2. The van der Waals surface area contributed by atoms with Gasteiger partial charge < -0.3 is 10.2 Å². The Balaban J connectivity index is 2.95. The fourth-order valence-corrected chi connectivity index (χ4v) is 4.79. The Morgan fingerprint density at radius 2 is 1.15 bits per heavy atom. The molecule has 2 N–H and O–H groups in total. The predicted octanol–water partition coefficient (Wildman–Crippen LogP) is 7.34. The van der Waals surface area contributed by atoms with Crippen LogP contribution in [0.5, 0.6) is 11.5 Å². The SMILES string of the molecule is Oc1ccc(Br)c(Br)c1-c1c(O)c(Br)c(Br)c(Br)c1Br. The van der Waals surface area contributed by atoms with Gasteiger partial charge >= 0.3 is 0 Å². The number of phenolic OH excluding ortho intramolecular Hbond substituents is 2. The van der Waals surface area contributed by atoms with Gasteiger partial charge in [-0.1, -0.05) is 0 Å². The van der Waals surface area contributed by atoms with Crippen LogP contribution in [0.3, 0.4) is 0 Å². The van der Waals surface area contributed by atoms with Crippen LogP contribution in [-0.2, 0) is 0 Å². The van der Waals surface area contributed by atoms with E-state index in [2.05, 4.69) is 95.6 Å². The zero-order valence-corrected chi connectivity index (χ0v) is 18.8. The highest BCUT2D eigenvalue weighted by atomic mass is 79.9. The van der Waals surface area contributed by atoms with Gasteiger partial charge in [0.15, 0.2) is 0 Å². The van der Waals surface area contributed by atoms with Crippen LogP contribution in [0.1, 0.15) is 0 Å². The van der Waals surface area contributed by atoms with E-state index >= 15 is 0 Å². The summed E-state index contributed by atoms with van der Waals surface area (Å²) in [6.45, 7) is 0. The normalized spacial score (nSPS) is 10.9. The first kappa shape index (κ1) is 17.3. The lowest BCUT2D eigenvalue weighted by Crippen LogP contribution is -1.89. The molecule has 0 bridgehead atoms. The van der Waals surface area contributed by atoms with Crippen molar-refractivity contribution < 1.29 is 10.2 Å². The van der Waals surface area contributed by atoms with E-state index in [1.54, 1.807) is 12.1 Å². The minimum absolute atomic E-state index is 0.0149. The topological polar surface area (TPSA) is 40.5 Å². The average molecular weight is 660 g/mol. The zero-order chi connectivity index (χ0) is 15.2. The molecule has 0 spiro atoms. The third-order valence-electron chi connectivity index (χ3n) is 2.57. The summed E-state index contributed by atoms with van der Waals surface area (Å²) < 4.78 is 3.94. The highest BCUT2D eigenvalue weighted by Gasteiger charge is 2.24. The van der Waals surface area contributed by atoms with Crippen LogP contribution in [0.2, 0.25) is 0 Å². The summed E-state index contributed by atoms with van der Waals surface area (Å²) in [6, 6.07) is 3.27. The molecule has 2 aromatic rings. The number of hydrogen-bond donors (Lipinski definition) is 2. The van der Waals surface area contributed by atoms with E-state index in [0.717, 1.165) is 8.95 Å². The highest BCUT2D eigenvalue weighted by molar-refractivity contribution is 9.15. The third kappa shape index (κ3) is 2.88. The molecule has 0 heterocycles. The van der Waals surface area contributed by atoms with Crippen LogP contribution in [0.15, 0.2) is 39.0 Å². The number of benzene rings is 2. The minimum Gasteiger partial charge on any atom is -0.507 e. The van der Waals surface area contributed by atoms with Crippen molar-refractivity contribution in [3.63, 3.8) is 0 Å². The smallest absolute Gasteiger partial charge is 0.140 e. The maximum Gasteiger partial charge on any atom is 0.140 e. The molecule has 0 saturated heterocycles. The molecule has 0 aromatic heterocycles. The van der Waals surface area contributed by atoms with Crippen molar-refractivity contribution in [1.29, 1.82) is 0 Å². The maximum atomic E-state index is 10.4. The van der Waals surface area contributed by atoms with Crippen molar-refractivity contribution in [3.05, 3.63) is 39.0 Å². The number of rotatable bonds is 1. The van der Waals surface area contributed by atoms with Crippen molar-refractivity contribution >= 4 is 95.6 Å². The summed E-state index contributed by atoms with van der Waals surface area (Å²) in [7, 11) is 0. The molecule has 0 saturated carbocycles. The number of halogens is 6. The van der Waals surface area contributed by atoms with Gasteiger partial charge in [0.25, 0.3) is 0 Å². The Morgan fingerprint density at radius 3 is 1.75 bits per heavy atom. The van der Waals surface area contributed by atoms with E-state index in [9.17, 15) is 10.2 Å². The highest BCUT2D eigenvalue weighted by Crippen LogP contribution is 2.53. The van der Waals surface area contributed by atoms with Crippen molar-refractivity contribution in [3.8, 4) is 22.6 Å². The van der Waals surface area contributed by atoms with E-state index in [0.29, 0.717) is 29.0 Å². The Labute approximate surface area is 165 Å². The lowest BCUT2D eigenvalue weighted by atomic mass is 10.0. The second kappa shape index (κ2) is 6.58. The monoisotopic (exact) mass is 654 g/mol. The van der Waals surface area contributed by atoms with Crippen LogP contribution in [0.4, 0.5) is 0 Å². The predicted molar refractivity (Wildman–Crippen MR) is 101 cm³/mol. The van der Waals surface area contributed by atoms with Crippen molar-refractivity contribution in [2.75, 3.05) is 0 Å². The van der Waals surface area contributed by atoms with Gasteiger partial charge in [0.05, 0.1) is 8.95 Å². The van der Waals surface area contributed by atoms with Gasteiger partial charge in [0.1, 0.15) is 11.5 Å². The molecule has 0 radical (unpaired) electrons. The van der Waals surface area contributed by atoms with E-state index < -0.39 is 0 Å². The Bertz CT molecular complexity index is 685. The summed E-state index contributed by atoms with van der Waals surface area (Å²) in [5.41, 5.74) is 0.954. The van der Waals surface area contributed by atoms with Crippen LogP contribution < -0.4 is 0 Å². The van der Waals surface area contributed by atoms with E-state index in [1.807, 2.05) is 0 Å². The molecule has 0 aliphatic rings. The molecule has 2 aromatic carbocycles. The summed E-state index contributed by atoms with van der Waals surface area (Å²) in [5.74, 6) is 0.0678. The maximum absolute atomic E-state index is 10.4. The van der Waals surface area contributed by atoms with Gasteiger partial charge in [-0.3, -0.25) is 0 Å². The van der Waals surface area contributed by atoms with Crippen LogP contribution in [0, 0.1) is 0 Å². The van der Waals surface area contributed by atoms with Crippen LogP contribution >= 0.6 is 95.6 Å². The lowest BCUT2D eigenvalue weighted by molar-refractivity contribution is 0.466. The minimum atomic E-state index is 0.0149. The van der Waals surface area contributed by atoms with E-state index in [4.69, 9.17) is 0 Å². The Morgan fingerprint density at radius 1 is 0.600 bits per heavy atom. The van der Waals surface area contributed by atoms with Crippen LogP contribution in [0.25, 0.3) is 11.1 Å². The largest absolute Gasteiger partial charge is 0.507 e. The summed E-state index contributed by atoms with van der Waals surface area (Å²) in [4.78, 5) is 0.